The molecule has 2 atom stereocenters. The van der Waals surface area contributed by atoms with E-state index in [0.29, 0.717) is 19.8 Å². The molecule has 1 N–H and O–H groups in total. The van der Waals surface area contributed by atoms with Crippen LogP contribution in [0.3, 0.4) is 0 Å². The number of hydrogen-bond acceptors (Lipinski definition) is 4. The smallest absolute Gasteiger partial charge is 0.0900 e. The normalized spacial score (nSPS) is 16.2. The van der Waals surface area contributed by atoms with Crippen molar-refractivity contribution >= 4 is 0 Å². The zero-order chi connectivity index (χ0) is 13.5. The van der Waals surface area contributed by atoms with Crippen molar-refractivity contribution in [2.24, 2.45) is 0 Å². The number of methoxy groups -OCH3 is 1. The van der Waals surface area contributed by atoms with Crippen LogP contribution in [-0.4, -0.2) is 61.7 Å². The van der Waals surface area contributed by atoms with E-state index in [2.05, 4.69) is 25.7 Å². The van der Waals surface area contributed by atoms with Crippen LogP contribution in [0.1, 0.15) is 34.1 Å². The number of β-amino-alcohol motifs (C(OH)–C–C–N with tert-alkyl or cyclic N) is 1. The standard InChI is InChI=1S/C13H29NO3/c1-7-13(3,4)14(5)8-12(15)10-17-11(2)9-16-6/h11-12,15H,7-10H2,1-6H3. The number of aliphatic hydroxyl groups is 1. The molecule has 0 radical (unpaired) electrons. The summed E-state index contributed by atoms with van der Waals surface area (Å²) in [6.45, 7) is 9.98. The Labute approximate surface area is 106 Å². The minimum atomic E-state index is -0.454. The predicted molar refractivity (Wildman–Crippen MR) is 70.3 cm³/mol. The van der Waals surface area contributed by atoms with Gasteiger partial charge < -0.3 is 14.6 Å². The van der Waals surface area contributed by atoms with Crippen molar-refractivity contribution in [3.05, 3.63) is 0 Å². The molecule has 0 heterocycles. The summed E-state index contributed by atoms with van der Waals surface area (Å²) in [5, 5.41) is 9.89. The van der Waals surface area contributed by atoms with Gasteiger partial charge in [0.05, 0.1) is 25.4 Å². The number of hydrogen-bond donors (Lipinski definition) is 1. The average molecular weight is 247 g/mol. The lowest BCUT2D eigenvalue weighted by atomic mass is 10.00. The Bertz CT molecular complexity index is 197. The van der Waals surface area contributed by atoms with Crippen LogP contribution in [0, 0.1) is 0 Å². The quantitative estimate of drug-likeness (QED) is 0.671. The van der Waals surface area contributed by atoms with Gasteiger partial charge in [0.15, 0.2) is 0 Å². The summed E-state index contributed by atoms with van der Waals surface area (Å²) >= 11 is 0. The zero-order valence-electron chi connectivity index (χ0n) is 12.2. The molecule has 0 aromatic carbocycles. The van der Waals surface area contributed by atoms with E-state index in [1.807, 2.05) is 14.0 Å². The summed E-state index contributed by atoms with van der Waals surface area (Å²) in [4.78, 5) is 2.17. The molecule has 0 fully saturated rings. The number of ether oxygens (including phenoxy) is 2. The molecule has 0 spiro atoms. The minimum absolute atomic E-state index is 0.0270. The van der Waals surface area contributed by atoms with Gasteiger partial charge in [-0.25, -0.2) is 0 Å². The molecule has 4 nitrogen and oxygen atoms in total. The predicted octanol–water partition coefficient (Wildman–Crippen LogP) is 1.52. The minimum Gasteiger partial charge on any atom is -0.389 e. The molecule has 2 unspecified atom stereocenters. The van der Waals surface area contributed by atoms with Crippen LogP contribution in [-0.2, 0) is 9.47 Å². The summed E-state index contributed by atoms with van der Waals surface area (Å²) in [5.74, 6) is 0. The molecule has 0 aliphatic carbocycles. The van der Waals surface area contributed by atoms with E-state index < -0.39 is 6.10 Å². The molecule has 0 aliphatic rings. The monoisotopic (exact) mass is 247 g/mol. The lowest BCUT2D eigenvalue weighted by Gasteiger charge is -2.36. The molecule has 17 heavy (non-hydrogen) atoms. The summed E-state index contributed by atoms with van der Waals surface area (Å²) < 4.78 is 10.5. The molecule has 0 aromatic rings. The second-order valence-corrected chi connectivity index (χ2v) is 5.30. The van der Waals surface area contributed by atoms with Crippen LogP contribution >= 0.6 is 0 Å². The van der Waals surface area contributed by atoms with Crippen LogP contribution in [0.5, 0.6) is 0 Å². The maximum Gasteiger partial charge on any atom is 0.0900 e. The van der Waals surface area contributed by atoms with E-state index in [1.165, 1.54) is 0 Å². The van der Waals surface area contributed by atoms with Gasteiger partial charge in [-0.15, -0.1) is 0 Å². The Morgan fingerprint density at radius 3 is 2.35 bits per heavy atom. The molecule has 0 bridgehead atoms. The van der Waals surface area contributed by atoms with Crippen LogP contribution < -0.4 is 0 Å². The van der Waals surface area contributed by atoms with Gasteiger partial charge >= 0.3 is 0 Å². The largest absolute Gasteiger partial charge is 0.389 e. The van der Waals surface area contributed by atoms with E-state index >= 15 is 0 Å². The lowest BCUT2D eigenvalue weighted by molar-refractivity contribution is -0.0449. The molecular weight excluding hydrogens is 218 g/mol. The second kappa shape index (κ2) is 8.03. The molecule has 0 saturated heterocycles. The Hall–Kier alpha value is -0.160. The van der Waals surface area contributed by atoms with Gasteiger partial charge in [-0.05, 0) is 34.2 Å². The van der Waals surface area contributed by atoms with E-state index in [-0.39, 0.29) is 11.6 Å². The summed E-state index contributed by atoms with van der Waals surface area (Å²) in [6, 6.07) is 0. The third-order valence-corrected chi connectivity index (χ3v) is 3.36. The first-order valence-electron chi connectivity index (χ1n) is 6.33. The lowest BCUT2D eigenvalue weighted by Crippen LogP contribution is -2.45. The van der Waals surface area contributed by atoms with E-state index in [4.69, 9.17) is 9.47 Å². The highest BCUT2D eigenvalue weighted by Crippen LogP contribution is 2.16. The van der Waals surface area contributed by atoms with Crippen molar-refractivity contribution in [1.82, 2.24) is 4.90 Å². The van der Waals surface area contributed by atoms with Crippen molar-refractivity contribution in [3.63, 3.8) is 0 Å². The van der Waals surface area contributed by atoms with Crippen molar-refractivity contribution in [2.45, 2.75) is 51.9 Å². The molecular formula is C13H29NO3. The van der Waals surface area contributed by atoms with Crippen LogP contribution in [0.4, 0.5) is 0 Å². The molecule has 0 aliphatic heterocycles. The molecule has 0 saturated carbocycles. The molecule has 0 aromatic heterocycles. The highest BCUT2D eigenvalue weighted by atomic mass is 16.5. The topological polar surface area (TPSA) is 41.9 Å². The second-order valence-electron chi connectivity index (χ2n) is 5.30. The van der Waals surface area contributed by atoms with Gasteiger partial charge in [-0.3, -0.25) is 4.90 Å². The first kappa shape index (κ1) is 16.8. The Morgan fingerprint density at radius 1 is 1.29 bits per heavy atom. The fraction of sp³-hybridized carbons (Fsp3) is 1.00. The van der Waals surface area contributed by atoms with Crippen LogP contribution in [0.2, 0.25) is 0 Å². The fourth-order valence-corrected chi connectivity index (χ4v) is 1.44. The van der Waals surface area contributed by atoms with Gasteiger partial charge in [-0.1, -0.05) is 6.92 Å². The summed E-state index contributed by atoms with van der Waals surface area (Å²) in [7, 11) is 3.68. The summed E-state index contributed by atoms with van der Waals surface area (Å²) in [6.07, 6.45) is 0.626. The third-order valence-electron chi connectivity index (χ3n) is 3.36. The van der Waals surface area contributed by atoms with E-state index in [1.54, 1.807) is 7.11 Å². The number of rotatable bonds is 9. The van der Waals surface area contributed by atoms with Gasteiger partial charge in [0.25, 0.3) is 0 Å². The highest BCUT2D eigenvalue weighted by molar-refractivity contribution is 4.79. The number of aliphatic hydroxyl groups excluding tert-OH is 1. The molecule has 4 heteroatoms. The maximum absolute atomic E-state index is 9.89. The number of likely N-dealkylation sites (N-methyl/N-ethyl adjacent to an activating group) is 1. The third kappa shape index (κ3) is 6.99. The average Bonchev–Trinajstić information content (AvgIpc) is 2.26. The van der Waals surface area contributed by atoms with Crippen LogP contribution in [0.15, 0.2) is 0 Å². The van der Waals surface area contributed by atoms with Gasteiger partial charge in [0.2, 0.25) is 0 Å². The van der Waals surface area contributed by atoms with Gasteiger partial charge in [0.1, 0.15) is 0 Å². The van der Waals surface area contributed by atoms with Gasteiger partial charge in [0, 0.05) is 19.2 Å². The molecule has 0 rings (SSSR count). The van der Waals surface area contributed by atoms with Crippen molar-refractivity contribution < 1.29 is 14.6 Å². The molecule has 0 amide bonds. The molecule has 104 valence electrons. The van der Waals surface area contributed by atoms with E-state index in [9.17, 15) is 5.11 Å². The maximum atomic E-state index is 9.89. The Morgan fingerprint density at radius 2 is 1.88 bits per heavy atom. The van der Waals surface area contributed by atoms with Crippen molar-refractivity contribution in [1.29, 1.82) is 0 Å². The summed E-state index contributed by atoms with van der Waals surface area (Å²) in [5.41, 5.74) is 0.110. The van der Waals surface area contributed by atoms with Crippen molar-refractivity contribution in [3.8, 4) is 0 Å². The highest BCUT2D eigenvalue weighted by Gasteiger charge is 2.23. The number of nitrogens with zero attached hydrogens (tertiary/aromatic N) is 1. The van der Waals surface area contributed by atoms with E-state index in [0.717, 1.165) is 6.42 Å². The Balaban J connectivity index is 3.89. The SMILES string of the molecule is CCC(C)(C)N(C)CC(O)COC(C)COC. The Kier molecular flexibility index (Phi) is 7.96. The fourth-order valence-electron chi connectivity index (χ4n) is 1.44. The first-order chi connectivity index (χ1) is 7.83. The van der Waals surface area contributed by atoms with Crippen LogP contribution in [0.25, 0.3) is 0 Å². The van der Waals surface area contributed by atoms with Gasteiger partial charge in [-0.2, -0.15) is 0 Å². The zero-order valence-corrected chi connectivity index (χ0v) is 12.2. The van der Waals surface area contributed by atoms with Crippen molar-refractivity contribution in [2.75, 3.05) is 33.9 Å². The first-order valence-corrected chi connectivity index (χ1v) is 6.33.